The highest BCUT2D eigenvalue weighted by Gasteiger charge is 2.28. The first-order valence-electron chi connectivity index (χ1n) is 8.03. The first-order chi connectivity index (χ1) is 10.3. The molecule has 0 aromatic carbocycles. The number of aromatic nitrogens is 2. The zero-order valence-electron chi connectivity index (χ0n) is 12.4. The second-order valence-corrected chi connectivity index (χ2v) is 6.07. The van der Waals surface area contributed by atoms with Crippen molar-refractivity contribution in [3.8, 4) is 0 Å². The number of nitrogens with one attached hydrogen (secondary N) is 2. The van der Waals surface area contributed by atoms with Gasteiger partial charge in [0.2, 0.25) is 0 Å². The molecule has 2 atom stereocenters. The summed E-state index contributed by atoms with van der Waals surface area (Å²) >= 11 is 0. The smallest absolute Gasteiger partial charge is 0.317 e. The van der Waals surface area contributed by atoms with Crippen LogP contribution in [0.4, 0.5) is 4.79 Å². The maximum atomic E-state index is 12.5. The van der Waals surface area contributed by atoms with Crippen LogP contribution in [0.15, 0.2) is 24.5 Å². The number of aromatic amines is 1. The monoisotopic (exact) mass is 288 g/mol. The van der Waals surface area contributed by atoms with Crippen molar-refractivity contribution in [2.45, 2.75) is 44.6 Å². The Balaban J connectivity index is 1.57. The van der Waals surface area contributed by atoms with Crippen LogP contribution in [0.3, 0.4) is 0 Å². The topological polar surface area (TPSA) is 61.0 Å². The summed E-state index contributed by atoms with van der Waals surface area (Å²) in [5.41, 5.74) is 1.12. The zero-order valence-corrected chi connectivity index (χ0v) is 12.4. The van der Waals surface area contributed by atoms with Gasteiger partial charge in [-0.15, -0.1) is 0 Å². The molecule has 2 aliphatic rings. The third-order valence-electron chi connectivity index (χ3n) is 4.59. The number of nitrogens with zero attached hydrogens (tertiary/aromatic N) is 2. The molecule has 2 amide bonds. The lowest BCUT2D eigenvalue weighted by Gasteiger charge is -2.35. The summed E-state index contributed by atoms with van der Waals surface area (Å²) in [6, 6.07) is 0.249. The van der Waals surface area contributed by atoms with Gasteiger partial charge in [0, 0.05) is 24.8 Å². The predicted octanol–water partition coefficient (Wildman–Crippen LogP) is 3.00. The molecule has 0 saturated carbocycles. The van der Waals surface area contributed by atoms with E-state index in [-0.39, 0.29) is 12.1 Å². The zero-order chi connectivity index (χ0) is 14.5. The van der Waals surface area contributed by atoms with E-state index in [9.17, 15) is 4.79 Å². The first kappa shape index (κ1) is 14.2. The number of hydrogen-bond acceptors (Lipinski definition) is 2. The van der Waals surface area contributed by atoms with E-state index < -0.39 is 0 Å². The maximum absolute atomic E-state index is 12.5. The van der Waals surface area contributed by atoms with Gasteiger partial charge < -0.3 is 10.2 Å². The molecule has 0 unspecified atom stereocenters. The molecule has 2 heterocycles. The van der Waals surface area contributed by atoms with Crippen molar-refractivity contribution in [2.75, 3.05) is 13.1 Å². The third-order valence-corrected chi connectivity index (χ3v) is 4.59. The number of likely N-dealkylation sites (tertiary alicyclic amines) is 1. The van der Waals surface area contributed by atoms with Gasteiger partial charge in [-0.05, 0) is 44.4 Å². The molecular formula is C16H24N4O. The Labute approximate surface area is 125 Å². The van der Waals surface area contributed by atoms with Gasteiger partial charge in [-0.3, -0.25) is 5.10 Å². The van der Waals surface area contributed by atoms with Crippen LogP contribution in [0.5, 0.6) is 0 Å². The molecule has 3 rings (SSSR count). The van der Waals surface area contributed by atoms with Crippen LogP contribution in [0, 0.1) is 5.92 Å². The van der Waals surface area contributed by atoms with E-state index in [1.54, 1.807) is 0 Å². The number of urea groups is 1. The minimum atomic E-state index is 0.0791. The van der Waals surface area contributed by atoms with Crippen LogP contribution >= 0.6 is 0 Å². The van der Waals surface area contributed by atoms with Crippen molar-refractivity contribution in [2.24, 2.45) is 5.92 Å². The molecule has 5 nitrogen and oxygen atoms in total. The summed E-state index contributed by atoms with van der Waals surface area (Å²) in [6.07, 6.45) is 14.9. The first-order valence-corrected chi connectivity index (χ1v) is 8.03. The summed E-state index contributed by atoms with van der Waals surface area (Å²) in [5, 5.41) is 10.0. The number of carbonyl (C=O) groups excluding carboxylic acids is 1. The third kappa shape index (κ3) is 3.46. The summed E-state index contributed by atoms with van der Waals surface area (Å²) < 4.78 is 0. The van der Waals surface area contributed by atoms with Gasteiger partial charge in [-0.1, -0.05) is 12.2 Å². The highest BCUT2D eigenvalue weighted by molar-refractivity contribution is 5.74. The van der Waals surface area contributed by atoms with Gasteiger partial charge in [0.05, 0.1) is 12.2 Å². The molecule has 2 N–H and O–H groups in total. The molecular weight excluding hydrogens is 264 g/mol. The Morgan fingerprint density at radius 2 is 2.33 bits per heavy atom. The van der Waals surface area contributed by atoms with Crippen LogP contribution in [0.1, 0.15) is 50.1 Å². The quantitative estimate of drug-likeness (QED) is 0.840. The lowest BCUT2D eigenvalue weighted by Crippen LogP contribution is -2.45. The molecule has 5 heteroatoms. The molecule has 1 aliphatic carbocycles. The van der Waals surface area contributed by atoms with Gasteiger partial charge >= 0.3 is 6.03 Å². The molecule has 0 bridgehead atoms. The van der Waals surface area contributed by atoms with E-state index in [0.29, 0.717) is 5.92 Å². The van der Waals surface area contributed by atoms with Crippen LogP contribution in [0.25, 0.3) is 0 Å². The fourth-order valence-electron chi connectivity index (χ4n) is 3.34. The van der Waals surface area contributed by atoms with Gasteiger partial charge in [0.15, 0.2) is 0 Å². The second kappa shape index (κ2) is 6.78. The predicted molar refractivity (Wildman–Crippen MR) is 81.8 cm³/mol. The minimum absolute atomic E-state index is 0.0791. The molecule has 1 fully saturated rings. The summed E-state index contributed by atoms with van der Waals surface area (Å²) in [4.78, 5) is 14.5. The van der Waals surface area contributed by atoms with E-state index >= 15 is 0 Å². The molecule has 114 valence electrons. The van der Waals surface area contributed by atoms with Crippen molar-refractivity contribution in [3.05, 3.63) is 30.1 Å². The van der Waals surface area contributed by atoms with Crippen molar-refractivity contribution in [1.82, 2.24) is 20.4 Å². The van der Waals surface area contributed by atoms with E-state index in [4.69, 9.17) is 0 Å². The van der Waals surface area contributed by atoms with E-state index in [1.807, 2.05) is 17.3 Å². The lowest BCUT2D eigenvalue weighted by molar-refractivity contribution is 0.150. The summed E-state index contributed by atoms with van der Waals surface area (Å²) in [7, 11) is 0. The average molecular weight is 288 g/mol. The minimum Gasteiger partial charge on any atom is -0.338 e. The second-order valence-electron chi connectivity index (χ2n) is 6.07. The van der Waals surface area contributed by atoms with Crippen LogP contribution in [-0.2, 0) is 0 Å². The van der Waals surface area contributed by atoms with Gasteiger partial charge in [0.25, 0.3) is 0 Å². The Hall–Kier alpha value is -1.78. The average Bonchev–Trinajstić information content (AvgIpc) is 3.08. The number of amides is 2. The number of carbonyl (C=O) groups is 1. The van der Waals surface area contributed by atoms with Crippen LogP contribution < -0.4 is 5.32 Å². The fourth-order valence-corrected chi connectivity index (χ4v) is 3.34. The standard InChI is InChI=1S/C16H24N4O/c21-16(17-10-13-6-2-1-3-7-13)20-9-5-4-8-15(20)14-11-18-19-12-14/h1-2,11-13,15H,3-10H2,(H,17,21)(H,18,19)/t13-,15-/m0/s1. The summed E-state index contributed by atoms with van der Waals surface area (Å²) in [6.45, 7) is 1.63. The Bertz CT molecular complexity index is 482. The molecule has 1 aliphatic heterocycles. The number of allylic oxidation sites excluding steroid dienone is 2. The van der Waals surface area contributed by atoms with Crippen LogP contribution in [-0.4, -0.2) is 34.2 Å². The molecule has 1 aromatic rings. The highest BCUT2D eigenvalue weighted by atomic mass is 16.2. The van der Waals surface area contributed by atoms with E-state index in [2.05, 4.69) is 27.7 Å². The normalized spacial score (nSPS) is 25.8. The number of hydrogen-bond donors (Lipinski definition) is 2. The van der Waals surface area contributed by atoms with Crippen molar-refractivity contribution in [3.63, 3.8) is 0 Å². The lowest BCUT2D eigenvalue weighted by atomic mass is 9.94. The molecule has 1 saturated heterocycles. The molecule has 0 radical (unpaired) electrons. The van der Waals surface area contributed by atoms with Crippen molar-refractivity contribution >= 4 is 6.03 Å². The molecule has 0 spiro atoms. The number of H-pyrrole nitrogens is 1. The summed E-state index contributed by atoms with van der Waals surface area (Å²) in [5.74, 6) is 0.594. The Morgan fingerprint density at radius 1 is 1.38 bits per heavy atom. The van der Waals surface area contributed by atoms with Crippen LogP contribution in [0.2, 0.25) is 0 Å². The molecule has 21 heavy (non-hydrogen) atoms. The SMILES string of the molecule is O=C(NC[C@H]1CC=CCC1)N1CCCC[C@H]1c1cn[nH]c1. The Kier molecular flexibility index (Phi) is 4.58. The van der Waals surface area contributed by atoms with E-state index in [1.165, 1.54) is 12.8 Å². The van der Waals surface area contributed by atoms with Gasteiger partial charge in [-0.25, -0.2) is 4.79 Å². The number of piperidine rings is 1. The Morgan fingerprint density at radius 3 is 3.10 bits per heavy atom. The number of rotatable bonds is 3. The van der Waals surface area contributed by atoms with Crippen molar-refractivity contribution < 1.29 is 4.79 Å². The maximum Gasteiger partial charge on any atom is 0.317 e. The van der Waals surface area contributed by atoms with Gasteiger partial charge in [0.1, 0.15) is 0 Å². The largest absolute Gasteiger partial charge is 0.338 e. The fraction of sp³-hybridized carbons (Fsp3) is 0.625. The highest BCUT2D eigenvalue weighted by Crippen LogP contribution is 2.30. The van der Waals surface area contributed by atoms with Crippen molar-refractivity contribution in [1.29, 1.82) is 0 Å². The molecule has 1 aromatic heterocycles. The van der Waals surface area contributed by atoms with E-state index in [0.717, 1.165) is 44.3 Å². The van der Waals surface area contributed by atoms with Gasteiger partial charge in [-0.2, -0.15) is 5.10 Å².